The molecule has 0 unspecified atom stereocenters. The zero-order chi connectivity index (χ0) is 11.5. The predicted octanol–water partition coefficient (Wildman–Crippen LogP) is 2.85. The summed E-state index contributed by atoms with van der Waals surface area (Å²) in [5, 5.41) is 8.15. The van der Waals surface area contributed by atoms with Crippen molar-refractivity contribution in [2.75, 3.05) is 7.05 Å². The number of aromatic nitrogens is 2. The number of benzene rings is 1. The molecule has 1 heterocycles. The fourth-order valence-electron chi connectivity index (χ4n) is 1.52. The number of halogens is 2. The summed E-state index contributed by atoms with van der Waals surface area (Å²) < 4.78 is 2.95. The van der Waals surface area contributed by atoms with Crippen LogP contribution in [0.1, 0.15) is 5.56 Å². The number of rotatable bonds is 3. The molecule has 3 nitrogen and oxygen atoms in total. The molecule has 0 fully saturated rings. The van der Waals surface area contributed by atoms with Crippen molar-refractivity contribution in [1.29, 1.82) is 0 Å². The smallest absolute Gasteiger partial charge is 0.0705 e. The minimum Gasteiger partial charge on any atom is -0.316 e. The van der Waals surface area contributed by atoms with E-state index in [4.69, 9.17) is 11.6 Å². The zero-order valence-electron chi connectivity index (χ0n) is 8.74. The van der Waals surface area contributed by atoms with Gasteiger partial charge in [-0.05, 0) is 47.3 Å². The first kappa shape index (κ1) is 11.9. The SMILES string of the molecule is CNCc1ccc(Cl)cc1-n1cc(I)cn1. The highest BCUT2D eigenvalue weighted by molar-refractivity contribution is 14.1. The van der Waals surface area contributed by atoms with Crippen LogP contribution in [0.15, 0.2) is 30.6 Å². The first-order valence-corrected chi connectivity index (χ1v) is 6.30. The van der Waals surface area contributed by atoms with Crippen LogP contribution in [0.3, 0.4) is 0 Å². The van der Waals surface area contributed by atoms with Gasteiger partial charge >= 0.3 is 0 Å². The molecule has 0 aliphatic rings. The molecule has 0 bridgehead atoms. The van der Waals surface area contributed by atoms with E-state index in [-0.39, 0.29) is 0 Å². The maximum atomic E-state index is 6.01. The van der Waals surface area contributed by atoms with Crippen LogP contribution >= 0.6 is 34.2 Å². The highest BCUT2D eigenvalue weighted by atomic mass is 127. The van der Waals surface area contributed by atoms with Crippen LogP contribution in [-0.4, -0.2) is 16.8 Å². The fraction of sp³-hybridized carbons (Fsp3) is 0.182. The molecule has 84 valence electrons. The van der Waals surface area contributed by atoms with Crippen molar-refractivity contribution in [3.05, 3.63) is 44.7 Å². The van der Waals surface area contributed by atoms with Gasteiger partial charge in [0.25, 0.3) is 0 Å². The van der Waals surface area contributed by atoms with E-state index in [9.17, 15) is 0 Å². The summed E-state index contributed by atoms with van der Waals surface area (Å²) in [6.07, 6.45) is 3.80. The van der Waals surface area contributed by atoms with Gasteiger partial charge in [-0.1, -0.05) is 17.7 Å². The second-order valence-electron chi connectivity index (χ2n) is 3.41. The second kappa shape index (κ2) is 5.16. The average Bonchev–Trinajstić information content (AvgIpc) is 2.68. The summed E-state index contributed by atoms with van der Waals surface area (Å²) in [5.74, 6) is 0. The lowest BCUT2D eigenvalue weighted by Crippen LogP contribution is -2.09. The Morgan fingerprint density at radius 3 is 2.94 bits per heavy atom. The van der Waals surface area contributed by atoms with Crippen LogP contribution in [0.5, 0.6) is 0 Å². The van der Waals surface area contributed by atoms with E-state index in [1.54, 1.807) is 0 Å². The molecule has 0 atom stereocenters. The van der Waals surface area contributed by atoms with E-state index in [1.807, 2.05) is 42.3 Å². The van der Waals surface area contributed by atoms with Crippen LogP contribution in [0.25, 0.3) is 5.69 Å². The molecular weight excluding hydrogens is 336 g/mol. The minimum absolute atomic E-state index is 0.723. The van der Waals surface area contributed by atoms with Gasteiger partial charge in [0.05, 0.1) is 15.5 Å². The second-order valence-corrected chi connectivity index (χ2v) is 5.09. The van der Waals surface area contributed by atoms with Crippen LogP contribution in [-0.2, 0) is 6.54 Å². The van der Waals surface area contributed by atoms with Crippen molar-refractivity contribution in [2.24, 2.45) is 0 Å². The van der Waals surface area contributed by atoms with Crippen LogP contribution in [0.2, 0.25) is 5.02 Å². The first-order valence-electron chi connectivity index (χ1n) is 4.84. The standard InChI is InChI=1S/C11H11ClIN3/c1-14-5-8-2-3-9(12)4-11(8)16-7-10(13)6-15-16/h2-4,6-7,14H,5H2,1H3. The van der Waals surface area contributed by atoms with Crippen molar-refractivity contribution >= 4 is 34.2 Å². The molecule has 5 heteroatoms. The van der Waals surface area contributed by atoms with E-state index in [2.05, 4.69) is 33.0 Å². The molecule has 0 saturated carbocycles. The number of hydrogen-bond acceptors (Lipinski definition) is 2. The summed E-state index contributed by atoms with van der Waals surface area (Å²) in [7, 11) is 1.92. The summed E-state index contributed by atoms with van der Waals surface area (Å²) >= 11 is 8.25. The van der Waals surface area contributed by atoms with Crippen molar-refractivity contribution < 1.29 is 0 Å². The van der Waals surface area contributed by atoms with Gasteiger partial charge in [0.1, 0.15) is 0 Å². The van der Waals surface area contributed by atoms with E-state index in [0.29, 0.717) is 0 Å². The first-order chi connectivity index (χ1) is 7.70. The van der Waals surface area contributed by atoms with E-state index >= 15 is 0 Å². The van der Waals surface area contributed by atoms with E-state index in [0.717, 1.165) is 20.8 Å². The van der Waals surface area contributed by atoms with Gasteiger partial charge in [-0.3, -0.25) is 0 Å². The summed E-state index contributed by atoms with van der Waals surface area (Å²) in [6, 6.07) is 5.84. The lowest BCUT2D eigenvalue weighted by molar-refractivity contribution is 0.789. The largest absolute Gasteiger partial charge is 0.316 e. The van der Waals surface area contributed by atoms with Crippen LogP contribution in [0.4, 0.5) is 0 Å². The van der Waals surface area contributed by atoms with E-state index < -0.39 is 0 Å². The Hall–Kier alpha value is -0.590. The van der Waals surface area contributed by atoms with Gasteiger partial charge < -0.3 is 5.32 Å². The zero-order valence-corrected chi connectivity index (χ0v) is 11.7. The number of nitrogens with zero attached hydrogens (tertiary/aromatic N) is 2. The van der Waals surface area contributed by atoms with Gasteiger partial charge in [0.15, 0.2) is 0 Å². The third kappa shape index (κ3) is 2.56. The molecule has 0 aliphatic carbocycles. The van der Waals surface area contributed by atoms with Gasteiger partial charge in [-0.2, -0.15) is 5.10 Å². The molecule has 2 rings (SSSR count). The molecule has 0 spiro atoms. The Labute approximate surface area is 113 Å². The Balaban J connectivity index is 2.48. The van der Waals surface area contributed by atoms with Crippen molar-refractivity contribution in [3.63, 3.8) is 0 Å². The topological polar surface area (TPSA) is 29.9 Å². The maximum absolute atomic E-state index is 6.01. The van der Waals surface area contributed by atoms with Gasteiger partial charge in [-0.15, -0.1) is 0 Å². The molecule has 0 saturated heterocycles. The van der Waals surface area contributed by atoms with Crippen molar-refractivity contribution in [3.8, 4) is 5.69 Å². The molecule has 1 aromatic heterocycles. The molecule has 1 N–H and O–H groups in total. The Morgan fingerprint density at radius 1 is 1.50 bits per heavy atom. The quantitative estimate of drug-likeness (QED) is 0.865. The Morgan fingerprint density at radius 2 is 2.31 bits per heavy atom. The third-order valence-corrected chi connectivity index (χ3v) is 3.00. The van der Waals surface area contributed by atoms with Gasteiger partial charge in [0, 0.05) is 17.8 Å². The molecular formula is C11H11ClIN3. The van der Waals surface area contributed by atoms with Crippen LogP contribution < -0.4 is 5.32 Å². The Bertz CT molecular complexity index is 496. The molecule has 1 aromatic carbocycles. The summed E-state index contributed by atoms with van der Waals surface area (Å²) in [6.45, 7) is 0.795. The minimum atomic E-state index is 0.723. The lowest BCUT2D eigenvalue weighted by atomic mass is 10.2. The maximum Gasteiger partial charge on any atom is 0.0705 e. The third-order valence-electron chi connectivity index (χ3n) is 2.21. The summed E-state index contributed by atoms with van der Waals surface area (Å²) in [5.41, 5.74) is 2.19. The van der Waals surface area contributed by atoms with Crippen molar-refractivity contribution in [1.82, 2.24) is 15.1 Å². The number of nitrogens with one attached hydrogen (secondary N) is 1. The predicted molar refractivity (Wildman–Crippen MR) is 74.1 cm³/mol. The molecule has 2 aromatic rings. The molecule has 0 radical (unpaired) electrons. The van der Waals surface area contributed by atoms with E-state index in [1.165, 1.54) is 5.56 Å². The van der Waals surface area contributed by atoms with Gasteiger partial charge in [0.2, 0.25) is 0 Å². The molecule has 0 aliphatic heterocycles. The van der Waals surface area contributed by atoms with Crippen molar-refractivity contribution in [2.45, 2.75) is 6.54 Å². The Kier molecular flexibility index (Phi) is 3.83. The molecule has 0 amide bonds. The van der Waals surface area contributed by atoms with Crippen LogP contribution in [0, 0.1) is 3.57 Å². The average molecular weight is 348 g/mol. The monoisotopic (exact) mass is 347 g/mol. The summed E-state index contributed by atoms with van der Waals surface area (Å²) in [4.78, 5) is 0. The normalized spacial score (nSPS) is 10.7. The van der Waals surface area contributed by atoms with Gasteiger partial charge in [-0.25, -0.2) is 4.68 Å². The highest BCUT2D eigenvalue weighted by Gasteiger charge is 2.06. The number of hydrogen-bond donors (Lipinski definition) is 1. The highest BCUT2D eigenvalue weighted by Crippen LogP contribution is 2.20. The lowest BCUT2D eigenvalue weighted by Gasteiger charge is -2.09. The fourth-order valence-corrected chi connectivity index (χ4v) is 2.08. The molecule has 16 heavy (non-hydrogen) atoms.